The van der Waals surface area contributed by atoms with Gasteiger partial charge in [-0.1, -0.05) is 176 Å². The second-order valence-corrected chi connectivity index (χ2v) is 15.6. The van der Waals surface area contributed by atoms with Gasteiger partial charge in [0.1, 0.15) is 0 Å². The minimum atomic E-state index is -0.577. The van der Waals surface area contributed by atoms with Gasteiger partial charge in [-0.2, -0.15) is 0 Å². The van der Waals surface area contributed by atoms with Crippen LogP contribution in [0.5, 0.6) is 0 Å². The fraction of sp³-hybridized carbons (Fsp3) is 0.0175. The monoisotopic (exact) mass is 750 g/mol. The largest absolute Gasteiger partial charge is 0.310 e. The first kappa shape index (κ1) is 33.5. The molecule has 1 atom stereocenters. The van der Waals surface area contributed by atoms with Crippen LogP contribution in [0.3, 0.4) is 0 Å². The fourth-order valence-electron chi connectivity index (χ4n) is 10.3. The molecule has 2 aliphatic carbocycles. The Labute approximate surface area is 344 Å². The predicted octanol–water partition coefficient (Wildman–Crippen LogP) is 15.3. The molecule has 2 heteroatoms. The Kier molecular flexibility index (Phi) is 7.48. The van der Waals surface area contributed by atoms with Crippen molar-refractivity contribution in [3.05, 3.63) is 253 Å². The van der Waals surface area contributed by atoms with Gasteiger partial charge in [0.15, 0.2) is 0 Å². The van der Waals surface area contributed by atoms with Crippen LogP contribution in [-0.4, -0.2) is 0 Å². The van der Waals surface area contributed by atoms with Crippen molar-refractivity contribution in [3.8, 4) is 22.3 Å². The summed E-state index contributed by atoms with van der Waals surface area (Å²) in [6.07, 6.45) is 0. The third-order valence-corrected chi connectivity index (χ3v) is 12.6. The number of para-hydroxylation sites is 3. The van der Waals surface area contributed by atoms with Crippen molar-refractivity contribution in [1.82, 2.24) is 0 Å². The first-order valence-corrected chi connectivity index (χ1v) is 20.4. The minimum Gasteiger partial charge on any atom is -0.310 e. The number of hydrogen-bond donors (Lipinski definition) is 0. The average molecular weight is 751 g/mol. The smallest absolute Gasteiger partial charge is 0.0727 e. The molecule has 0 aromatic heterocycles. The van der Waals surface area contributed by atoms with Crippen molar-refractivity contribution in [2.75, 3.05) is 9.80 Å². The summed E-state index contributed by atoms with van der Waals surface area (Å²) in [5.74, 6) is 0. The molecule has 0 amide bonds. The maximum Gasteiger partial charge on any atom is 0.0727 e. The van der Waals surface area contributed by atoms with E-state index in [4.69, 9.17) is 0 Å². The maximum absolute atomic E-state index is 2.53. The number of hydrogen-bond acceptors (Lipinski definition) is 2. The maximum atomic E-state index is 2.53. The molecule has 1 unspecified atom stereocenters. The number of nitrogens with zero attached hydrogens (tertiary/aromatic N) is 2. The predicted molar refractivity (Wildman–Crippen MR) is 247 cm³/mol. The van der Waals surface area contributed by atoms with Crippen LogP contribution in [0, 0.1) is 0 Å². The van der Waals surface area contributed by atoms with Crippen LogP contribution in [0.1, 0.15) is 22.3 Å². The lowest BCUT2D eigenvalue weighted by molar-refractivity contribution is 0.795. The molecule has 0 N–H and O–H groups in total. The van der Waals surface area contributed by atoms with Gasteiger partial charge < -0.3 is 9.80 Å². The Balaban J connectivity index is 1.23. The number of benzene rings is 10. The van der Waals surface area contributed by atoms with E-state index < -0.39 is 5.41 Å². The quantitative estimate of drug-likeness (QED) is 0.167. The highest BCUT2D eigenvalue weighted by Gasteiger charge is 2.53. The Morgan fingerprint density at radius 3 is 1.41 bits per heavy atom. The van der Waals surface area contributed by atoms with Gasteiger partial charge in [-0.15, -0.1) is 0 Å². The zero-order chi connectivity index (χ0) is 38.9. The topological polar surface area (TPSA) is 6.48 Å². The summed E-state index contributed by atoms with van der Waals surface area (Å²) in [4.78, 5) is 4.96. The number of rotatable bonds is 6. The van der Waals surface area contributed by atoms with Crippen LogP contribution in [0.15, 0.2) is 231 Å². The van der Waals surface area contributed by atoms with Crippen molar-refractivity contribution in [3.63, 3.8) is 0 Å². The van der Waals surface area contributed by atoms with Crippen LogP contribution < -0.4 is 9.80 Å². The molecule has 0 radical (unpaired) electrons. The standard InChI is InChI=1S/C57H38N2/c1-4-23-41(24-5-1)58(42-25-6-2-7-26-42)53-37-19-35-50-54(53)46-31-14-16-33-48(46)57(50)49-34-17-15-32-47(49)55-51(57)38-40-21-11-13-30-45(40)56(55)59(43-27-8-3-9-28-43)52-36-18-22-39-20-10-12-29-44(39)52/h1-38H. The van der Waals surface area contributed by atoms with Gasteiger partial charge in [-0.3, -0.25) is 0 Å². The average Bonchev–Trinajstić information content (AvgIpc) is 3.78. The van der Waals surface area contributed by atoms with Gasteiger partial charge in [0, 0.05) is 39.0 Å². The summed E-state index contributed by atoms with van der Waals surface area (Å²) in [5.41, 5.74) is 16.6. The first-order valence-electron chi connectivity index (χ1n) is 20.4. The fourth-order valence-corrected chi connectivity index (χ4v) is 10.3. The van der Waals surface area contributed by atoms with Crippen LogP contribution in [0.2, 0.25) is 0 Å². The number of anilines is 6. The lowest BCUT2D eigenvalue weighted by atomic mass is 9.70. The van der Waals surface area contributed by atoms with Crippen LogP contribution >= 0.6 is 0 Å². The van der Waals surface area contributed by atoms with Gasteiger partial charge in [0.05, 0.1) is 22.5 Å². The minimum absolute atomic E-state index is 0.577. The highest BCUT2D eigenvalue weighted by molar-refractivity contribution is 6.14. The molecular weight excluding hydrogens is 713 g/mol. The van der Waals surface area contributed by atoms with Crippen molar-refractivity contribution in [2.24, 2.45) is 0 Å². The normalized spacial score (nSPS) is 14.5. The molecule has 2 aliphatic rings. The molecule has 10 aromatic rings. The second kappa shape index (κ2) is 13.2. The third-order valence-electron chi connectivity index (χ3n) is 12.6. The highest BCUT2D eigenvalue weighted by Crippen LogP contribution is 2.67. The lowest BCUT2D eigenvalue weighted by Gasteiger charge is -2.33. The lowest BCUT2D eigenvalue weighted by Crippen LogP contribution is -2.26. The molecule has 12 rings (SSSR count). The molecule has 0 saturated carbocycles. The second-order valence-electron chi connectivity index (χ2n) is 15.6. The molecule has 0 saturated heterocycles. The summed E-state index contributed by atoms with van der Waals surface area (Å²) in [6, 6.07) is 84.8. The van der Waals surface area contributed by atoms with Crippen LogP contribution in [-0.2, 0) is 5.41 Å². The summed E-state index contributed by atoms with van der Waals surface area (Å²) in [6.45, 7) is 0. The molecule has 10 aromatic carbocycles. The van der Waals surface area contributed by atoms with Gasteiger partial charge in [0.2, 0.25) is 0 Å². The SMILES string of the molecule is c1ccc(N(c2ccccc2)c2cccc3c2-c2ccccc2C32c3ccccc3-c3c2cc2ccccc2c3N(c2ccccc2)c2cccc3ccccc23)cc1. The summed E-state index contributed by atoms with van der Waals surface area (Å²) in [7, 11) is 0. The first-order chi connectivity index (χ1) is 29.3. The molecule has 2 nitrogen and oxygen atoms in total. The van der Waals surface area contributed by atoms with E-state index in [0.717, 1.165) is 28.4 Å². The molecule has 0 fully saturated rings. The van der Waals surface area contributed by atoms with Crippen LogP contribution in [0.25, 0.3) is 43.8 Å². The summed E-state index contributed by atoms with van der Waals surface area (Å²) in [5, 5.41) is 4.86. The van der Waals surface area contributed by atoms with E-state index in [1.807, 2.05) is 0 Å². The Bertz CT molecular complexity index is 3180. The van der Waals surface area contributed by atoms with E-state index in [0.29, 0.717) is 0 Å². The van der Waals surface area contributed by atoms with E-state index in [1.54, 1.807) is 0 Å². The van der Waals surface area contributed by atoms with Crippen molar-refractivity contribution in [2.45, 2.75) is 5.41 Å². The van der Waals surface area contributed by atoms with E-state index in [2.05, 4.69) is 240 Å². The Hall–Kier alpha value is -7.68. The van der Waals surface area contributed by atoms with Crippen molar-refractivity contribution < 1.29 is 0 Å². The molecule has 0 bridgehead atoms. The molecule has 0 aliphatic heterocycles. The zero-order valence-corrected chi connectivity index (χ0v) is 32.3. The Morgan fingerprint density at radius 1 is 0.288 bits per heavy atom. The third kappa shape index (κ3) is 4.81. The van der Waals surface area contributed by atoms with Crippen molar-refractivity contribution >= 4 is 55.7 Å². The zero-order valence-electron chi connectivity index (χ0n) is 32.3. The number of fused-ring (bicyclic) bond motifs is 12. The van der Waals surface area contributed by atoms with Gasteiger partial charge in [0.25, 0.3) is 0 Å². The van der Waals surface area contributed by atoms with E-state index >= 15 is 0 Å². The molecule has 59 heavy (non-hydrogen) atoms. The molecule has 276 valence electrons. The Morgan fingerprint density at radius 2 is 0.746 bits per heavy atom. The van der Waals surface area contributed by atoms with E-state index in [1.165, 1.54) is 71.7 Å². The highest BCUT2D eigenvalue weighted by atomic mass is 15.2. The molecule has 0 heterocycles. The molecular formula is C57H38N2. The van der Waals surface area contributed by atoms with Gasteiger partial charge in [-0.25, -0.2) is 0 Å². The van der Waals surface area contributed by atoms with Gasteiger partial charge in [-0.05, 0) is 98.8 Å². The van der Waals surface area contributed by atoms with Crippen molar-refractivity contribution in [1.29, 1.82) is 0 Å². The molecule has 1 spiro atoms. The summed E-state index contributed by atoms with van der Waals surface area (Å²) < 4.78 is 0. The van der Waals surface area contributed by atoms with E-state index in [9.17, 15) is 0 Å². The van der Waals surface area contributed by atoms with E-state index in [-0.39, 0.29) is 0 Å². The van der Waals surface area contributed by atoms with Crippen LogP contribution in [0.4, 0.5) is 34.1 Å². The van der Waals surface area contributed by atoms with Gasteiger partial charge >= 0.3 is 0 Å². The summed E-state index contributed by atoms with van der Waals surface area (Å²) >= 11 is 0.